The van der Waals surface area contributed by atoms with Crippen LogP contribution in [-0.4, -0.2) is 101 Å². The van der Waals surface area contributed by atoms with E-state index in [2.05, 4.69) is 4.90 Å². The van der Waals surface area contributed by atoms with E-state index < -0.39 is 6.09 Å². The van der Waals surface area contributed by atoms with Crippen molar-refractivity contribution in [3.8, 4) is 0 Å². The van der Waals surface area contributed by atoms with Crippen LogP contribution in [0.5, 0.6) is 0 Å². The Hall–Kier alpha value is -3.39. The lowest BCUT2D eigenvalue weighted by Crippen LogP contribution is -2.64. The van der Waals surface area contributed by atoms with E-state index >= 15 is 0 Å². The molecule has 1 atom stereocenters. The molecule has 34 heavy (non-hydrogen) atoms. The molecule has 0 radical (unpaired) electrons. The van der Waals surface area contributed by atoms with Gasteiger partial charge in [-0.15, -0.1) is 0 Å². The Bertz CT molecular complexity index is 1060. The molecule has 8 heteroatoms. The minimum atomic E-state index is -0.901. The van der Waals surface area contributed by atoms with Crippen LogP contribution >= 0.6 is 0 Å². The van der Waals surface area contributed by atoms with Crippen LogP contribution < -0.4 is 0 Å². The molecule has 3 aliphatic heterocycles. The summed E-state index contributed by atoms with van der Waals surface area (Å²) in [6.45, 7) is 5.34. The Kier molecular flexibility index (Phi) is 6.24. The molecule has 3 heterocycles. The van der Waals surface area contributed by atoms with E-state index in [1.54, 1.807) is 0 Å². The summed E-state index contributed by atoms with van der Waals surface area (Å²) in [5.41, 5.74) is 2.37. The van der Waals surface area contributed by atoms with E-state index in [-0.39, 0.29) is 17.7 Å². The fourth-order valence-electron chi connectivity index (χ4n) is 5.31. The van der Waals surface area contributed by atoms with Crippen molar-refractivity contribution < 1.29 is 19.5 Å². The van der Waals surface area contributed by atoms with Gasteiger partial charge >= 0.3 is 6.09 Å². The number of piperazine rings is 1. The number of benzene rings is 2. The van der Waals surface area contributed by atoms with E-state index in [1.165, 1.54) is 4.90 Å². The van der Waals surface area contributed by atoms with Gasteiger partial charge in [-0.1, -0.05) is 36.4 Å². The maximum atomic E-state index is 13.3. The summed E-state index contributed by atoms with van der Waals surface area (Å²) in [7, 11) is 0. The van der Waals surface area contributed by atoms with E-state index in [0.29, 0.717) is 50.9 Å². The highest BCUT2D eigenvalue weighted by atomic mass is 16.4. The largest absolute Gasteiger partial charge is 0.465 e. The van der Waals surface area contributed by atoms with Gasteiger partial charge in [0.25, 0.3) is 11.8 Å². The Morgan fingerprint density at radius 1 is 0.706 bits per heavy atom. The first-order chi connectivity index (χ1) is 16.5. The first kappa shape index (κ1) is 22.4. The Morgan fingerprint density at radius 2 is 1.38 bits per heavy atom. The molecule has 2 aromatic rings. The summed E-state index contributed by atoms with van der Waals surface area (Å²) in [6, 6.07) is 17.3. The SMILES string of the molecule is O=C(O)N1CCC(c2ccccc2C(=O)N2CC(N3CCN(C(=O)c4ccccc4)CC3)C2)C1. The molecule has 5 rings (SSSR count). The van der Waals surface area contributed by atoms with Crippen LogP contribution in [0.2, 0.25) is 0 Å². The molecule has 2 aromatic carbocycles. The summed E-state index contributed by atoms with van der Waals surface area (Å²) < 4.78 is 0. The van der Waals surface area contributed by atoms with Gasteiger partial charge in [0.1, 0.15) is 0 Å². The number of carbonyl (C=O) groups excluding carboxylic acids is 2. The molecule has 0 bridgehead atoms. The number of carbonyl (C=O) groups is 3. The zero-order valence-corrected chi connectivity index (χ0v) is 19.2. The number of hydrogen-bond donors (Lipinski definition) is 1. The number of amides is 3. The van der Waals surface area contributed by atoms with Crippen molar-refractivity contribution in [2.45, 2.75) is 18.4 Å². The monoisotopic (exact) mass is 462 g/mol. The topological polar surface area (TPSA) is 84.4 Å². The number of rotatable bonds is 4. The van der Waals surface area contributed by atoms with Crippen LogP contribution in [-0.2, 0) is 0 Å². The lowest BCUT2D eigenvalue weighted by molar-refractivity contribution is 0.00846. The predicted molar refractivity (Wildman–Crippen MR) is 127 cm³/mol. The van der Waals surface area contributed by atoms with Crippen LogP contribution in [0.1, 0.15) is 38.6 Å². The fourth-order valence-corrected chi connectivity index (χ4v) is 5.31. The van der Waals surface area contributed by atoms with Crippen LogP contribution in [0.15, 0.2) is 54.6 Å². The van der Waals surface area contributed by atoms with E-state index in [4.69, 9.17) is 0 Å². The first-order valence-electron chi connectivity index (χ1n) is 12.0. The Labute approximate surface area is 199 Å². The molecule has 1 N–H and O–H groups in total. The van der Waals surface area contributed by atoms with Crippen LogP contribution in [0, 0.1) is 0 Å². The third kappa shape index (κ3) is 4.37. The Balaban J connectivity index is 1.15. The Morgan fingerprint density at radius 3 is 2.06 bits per heavy atom. The minimum Gasteiger partial charge on any atom is -0.465 e. The van der Waals surface area contributed by atoms with Gasteiger partial charge in [0.2, 0.25) is 0 Å². The molecular formula is C26H30N4O4. The van der Waals surface area contributed by atoms with Crippen molar-refractivity contribution in [3.63, 3.8) is 0 Å². The second-order valence-electron chi connectivity index (χ2n) is 9.36. The molecule has 3 saturated heterocycles. The predicted octanol–water partition coefficient (Wildman–Crippen LogP) is 2.44. The van der Waals surface area contributed by atoms with Crippen LogP contribution in [0.4, 0.5) is 4.79 Å². The van der Waals surface area contributed by atoms with Gasteiger partial charge in [0.05, 0.1) is 0 Å². The third-order valence-electron chi connectivity index (χ3n) is 7.38. The second kappa shape index (κ2) is 9.46. The van der Waals surface area contributed by atoms with Crippen LogP contribution in [0.25, 0.3) is 0 Å². The molecule has 3 fully saturated rings. The molecule has 0 aromatic heterocycles. The molecule has 0 aliphatic carbocycles. The van der Waals surface area contributed by atoms with E-state index in [9.17, 15) is 19.5 Å². The molecule has 3 aliphatic rings. The summed E-state index contributed by atoms with van der Waals surface area (Å²) in [6.07, 6.45) is -0.159. The average Bonchev–Trinajstić information content (AvgIpc) is 3.34. The number of nitrogens with zero attached hydrogens (tertiary/aromatic N) is 4. The van der Waals surface area contributed by atoms with Crippen molar-refractivity contribution in [3.05, 3.63) is 71.3 Å². The summed E-state index contributed by atoms with van der Waals surface area (Å²) in [5, 5.41) is 9.27. The van der Waals surface area contributed by atoms with Gasteiger partial charge in [-0.05, 0) is 30.2 Å². The maximum absolute atomic E-state index is 13.3. The highest BCUT2D eigenvalue weighted by molar-refractivity contribution is 5.96. The van der Waals surface area contributed by atoms with Crippen molar-refractivity contribution in [2.75, 3.05) is 52.4 Å². The molecular weight excluding hydrogens is 432 g/mol. The maximum Gasteiger partial charge on any atom is 0.407 e. The zero-order valence-electron chi connectivity index (χ0n) is 19.2. The lowest BCUT2D eigenvalue weighted by atomic mass is 9.92. The molecule has 1 unspecified atom stereocenters. The molecule has 8 nitrogen and oxygen atoms in total. The quantitative estimate of drug-likeness (QED) is 0.755. The van der Waals surface area contributed by atoms with Crippen LogP contribution in [0.3, 0.4) is 0 Å². The standard InChI is InChI=1S/C26H30N4O4/c31-24(19-6-2-1-3-7-19)28-14-12-27(13-15-28)21-17-30(18-21)25(32)23-9-5-4-8-22(23)20-10-11-29(16-20)26(33)34/h1-9,20-21H,10-18H2,(H,33,34). The lowest BCUT2D eigenvalue weighted by Gasteiger charge is -2.48. The average molecular weight is 463 g/mol. The normalized spacial score (nSPS) is 21.4. The molecule has 0 saturated carbocycles. The van der Waals surface area contributed by atoms with Crippen molar-refractivity contribution in [1.29, 1.82) is 0 Å². The smallest absolute Gasteiger partial charge is 0.407 e. The van der Waals surface area contributed by atoms with Crippen molar-refractivity contribution in [1.82, 2.24) is 19.6 Å². The first-order valence-corrected chi connectivity index (χ1v) is 12.0. The van der Waals surface area contributed by atoms with Gasteiger partial charge in [-0.2, -0.15) is 0 Å². The highest BCUT2D eigenvalue weighted by Gasteiger charge is 2.38. The summed E-state index contributed by atoms with van der Waals surface area (Å²) in [5.74, 6) is 0.165. The third-order valence-corrected chi connectivity index (χ3v) is 7.38. The van der Waals surface area contributed by atoms with Gasteiger partial charge in [-0.25, -0.2) is 4.79 Å². The van der Waals surface area contributed by atoms with Gasteiger partial charge in [0.15, 0.2) is 0 Å². The zero-order chi connectivity index (χ0) is 23.7. The second-order valence-corrected chi connectivity index (χ2v) is 9.36. The van der Waals surface area contributed by atoms with Gasteiger partial charge in [0, 0.05) is 75.4 Å². The number of carboxylic acid groups (broad SMARTS) is 1. The summed E-state index contributed by atoms with van der Waals surface area (Å²) in [4.78, 5) is 44.8. The van der Waals surface area contributed by atoms with E-state index in [0.717, 1.165) is 30.6 Å². The number of hydrogen-bond acceptors (Lipinski definition) is 4. The molecule has 178 valence electrons. The van der Waals surface area contributed by atoms with Crippen molar-refractivity contribution in [2.24, 2.45) is 0 Å². The van der Waals surface area contributed by atoms with Gasteiger partial charge in [-0.3, -0.25) is 14.5 Å². The van der Waals surface area contributed by atoms with E-state index in [1.807, 2.05) is 64.4 Å². The highest BCUT2D eigenvalue weighted by Crippen LogP contribution is 2.31. The minimum absolute atomic E-state index is 0.0264. The fraction of sp³-hybridized carbons (Fsp3) is 0.423. The van der Waals surface area contributed by atoms with Crippen molar-refractivity contribution >= 4 is 17.9 Å². The van der Waals surface area contributed by atoms with Gasteiger partial charge < -0.3 is 19.8 Å². The molecule has 0 spiro atoms. The summed E-state index contributed by atoms with van der Waals surface area (Å²) >= 11 is 0. The molecule has 3 amide bonds. The number of likely N-dealkylation sites (tertiary alicyclic amines) is 2.